The van der Waals surface area contributed by atoms with E-state index in [-0.39, 0.29) is 30.8 Å². The number of thiazole rings is 1. The van der Waals surface area contributed by atoms with Crippen molar-refractivity contribution in [2.24, 2.45) is 5.92 Å². The number of amides is 2. The molecule has 2 N–H and O–H groups in total. The topological polar surface area (TPSA) is 107 Å². The van der Waals surface area contributed by atoms with Crippen molar-refractivity contribution >= 4 is 40.5 Å². The fourth-order valence-electron chi connectivity index (χ4n) is 3.08. The molecule has 0 bridgehead atoms. The number of para-hydroxylation sites is 2. The number of carbonyl (C=O) groups excluding carboxylic acids is 3. The molecule has 0 unspecified atom stereocenters. The zero-order chi connectivity index (χ0) is 23.2. The molecule has 3 aromatic rings. The van der Waals surface area contributed by atoms with E-state index in [0.29, 0.717) is 33.4 Å². The normalized spacial score (nSPS) is 12.6. The van der Waals surface area contributed by atoms with E-state index in [1.54, 1.807) is 48.9 Å². The molecule has 0 radical (unpaired) electrons. The lowest BCUT2D eigenvalue weighted by atomic mass is 10.2. The zero-order valence-corrected chi connectivity index (χ0v) is 18.8. The van der Waals surface area contributed by atoms with Gasteiger partial charge in [0.15, 0.2) is 0 Å². The minimum Gasteiger partial charge on any atom is -0.495 e. The van der Waals surface area contributed by atoms with Crippen molar-refractivity contribution in [3.63, 3.8) is 0 Å². The SMILES string of the molecule is COc1ccccc1NC(=O)Cc1nc(COC(=O)c2ccc(NC(=O)C3CC3)cc2)cs1. The summed E-state index contributed by atoms with van der Waals surface area (Å²) in [7, 11) is 1.54. The van der Waals surface area contributed by atoms with Crippen LogP contribution in [0.25, 0.3) is 0 Å². The predicted molar refractivity (Wildman–Crippen MR) is 124 cm³/mol. The van der Waals surface area contributed by atoms with E-state index in [0.717, 1.165) is 12.8 Å². The van der Waals surface area contributed by atoms with Gasteiger partial charge in [-0.25, -0.2) is 9.78 Å². The summed E-state index contributed by atoms with van der Waals surface area (Å²) in [5, 5.41) is 8.01. The average molecular weight is 466 g/mol. The molecule has 33 heavy (non-hydrogen) atoms. The summed E-state index contributed by atoms with van der Waals surface area (Å²) >= 11 is 1.33. The van der Waals surface area contributed by atoms with E-state index >= 15 is 0 Å². The highest BCUT2D eigenvalue weighted by Gasteiger charge is 2.29. The van der Waals surface area contributed by atoms with Gasteiger partial charge in [0.05, 0.1) is 30.5 Å². The molecule has 2 aromatic carbocycles. The van der Waals surface area contributed by atoms with Crippen LogP contribution in [-0.4, -0.2) is 29.9 Å². The number of methoxy groups -OCH3 is 1. The number of carbonyl (C=O) groups is 3. The molecule has 1 fully saturated rings. The third-order valence-electron chi connectivity index (χ3n) is 4.98. The summed E-state index contributed by atoms with van der Waals surface area (Å²) in [5.74, 6) is 0.00634. The number of aromatic nitrogens is 1. The summed E-state index contributed by atoms with van der Waals surface area (Å²) < 4.78 is 10.6. The minimum absolute atomic E-state index is 0.00360. The predicted octanol–water partition coefficient (Wildman–Crippen LogP) is 4.04. The fourth-order valence-corrected chi connectivity index (χ4v) is 3.86. The summed E-state index contributed by atoms with van der Waals surface area (Å²) in [6, 6.07) is 13.7. The van der Waals surface area contributed by atoms with Gasteiger partial charge in [-0.15, -0.1) is 11.3 Å². The molecule has 1 heterocycles. The minimum atomic E-state index is -0.487. The van der Waals surface area contributed by atoms with Crippen LogP contribution in [0, 0.1) is 5.92 Å². The van der Waals surface area contributed by atoms with Crippen molar-refractivity contribution in [2.45, 2.75) is 25.9 Å². The van der Waals surface area contributed by atoms with Gasteiger partial charge in [0.2, 0.25) is 11.8 Å². The van der Waals surface area contributed by atoms with Gasteiger partial charge in [0.25, 0.3) is 0 Å². The molecule has 2 amide bonds. The maximum atomic E-state index is 12.3. The Bertz CT molecular complexity index is 1150. The Morgan fingerprint density at radius 2 is 1.82 bits per heavy atom. The molecule has 0 spiro atoms. The standard InChI is InChI=1S/C24H23N3O5S/c1-31-20-5-3-2-4-19(20)27-21(28)12-22-25-18(14-33-22)13-32-24(30)16-8-10-17(11-9-16)26-23(29)15-6-7-15/h2-5,8-11,14-15H,6-7,12-13H2,1H3,(H,26,29)(H,27,28). The molecule has 8 nitrogen and oxygen atoms in total. The van der Waals surface area contributed by atoms with Crippen LogP contribution in [0.3, 0.4) is 0 Å². The molecule has 1 aliphatic carbocycles. The number of hydrogen-bond acceptors (Lipinski definition) is 7. The van der Waals surface area contributed by atoms with Crippen LogP contribution in [-0.2, 0) is 27.4 Å². The zero-order valence-electron chi connectivity index (χ0n) is 18.0. The number of hydrogen-bond donors (Lipinski definition) is 2. The second kappa shape index (κ2) is 10.3. The highest BCUT2D eigenvalue weighted by atomic mass is 32.1. The second-order valence-electron chi connectivity index (χ2n) is 7.57. The quantitative estimate of drug-likeness (QED) is 0.462. The summed E-state index contributed by atoms with van der Waals surface area (Å²) in [4.78, 5) is 40.8. The number of nitrogens with zero attached hydrogens (tertiary/aromatic N) is 1. The van der Waals surface area contributed by atoms with Gasteiger partial charge in [-0.1, -0.05) is 12.1 Å². The number of benzene rings is 2. The molecule has 4 rings (SSSR count). The molecule has 0 aliphatic heterocycles. The van der Waals surface area contributed by atoms with Crippen LogP contribution in [0.4, 0.5) is 11.4 Å². The van der Waals surface area contributed by atoms with Gasteiger partial charge in [-0.05, 0) is 49.2 Å². The third-order valence-corrected chi connectivity index (χ3v) is 5.88. The molecule has 1 aromatic heterocycles. The van der Waals surface area contributed by atoms with E-state index in [2.05, 4.69) is 15.6 Å². The number of anilines is 2. The number of ether oxygens (including phenoxy) is 2. The highest BCUT2D eigenvalue weighted by molar-refractivity contribution is 7.09. The van der Waals surface area contributed by atoms with E-state index in [1.807, 2.05) is 12.1 Å². The fraction of sp³-hybridized carbons (Fsp3) is 0.250. The lowest BCUT2D eigenvalue weighted by molar-refractivity contribution is -0.117. The first kappa shape index (κ1) is 22.5. The summed E-state index contributed by atoms with van der Waals surface area (Å²) in [6.07, 6.45) is 1.97. The molecule has 1 aliphatic rings. The molecule has 0 atom stereocenters. The summed E-state index contributed by atoms with van der Waals surface area (Å²) in [6.45, 7) is 0.00360. The highest BCUT2D eigenvalue weighted by Crippen LogP contribution is 2.30. The van der Waals surface area contributed by atoms with Crippen molar-refractivity contribution < 1.29 is 23.9 Å². The van der Waals surface area contributed by atoms with Gasteiger partial charge in [0.1, 0.15) is 17.4 Å². The van der Waals surface area contributed by atoms with E-state index in [4.69, 9.17) is 9.47 Å². The number of rotatable bonds is 9. The largest absolute Gasteiger partial charge is 0.495 e. The molecule has 1 saturated carbocycles. The van der Waals surface area contributed by atoms with Crippen molar-refractivity contribution in [3.8, 4) is 5.75 Å². The van der Waals surface area contributed by atoms with Gasteiger partial charge >= 0.3 is 5.97 Å². The van der Waals surface area contributed by atoms with Crippen LogP contribution in [0.15, 0.2) is 53.9 Å². The van der Waals surface area contributed by atoms with Crippen molar-refractivity contribution in [3.05, 3.63) is 70.2 Å². The van der Waals surface area contributed by atoms with Gasteiger partial charge in [0, 0.05) is 17.0 Å². The Labute approximate surface area is 194 Å². The lowest BCUT2D eigenvalue weighted by Gasteiger charge is -2.08. The first-order valence-electron chi connectivity index (χ1n) is 10.5. The average Bonchev–Trinajstić information content (AvgIpc) is 3.59. The molecule has 0 saturated heterocycles. The maximum Gasteiger partial charge on any atom is 0.338 e. The second-order valence-corrected chi connectivity index (χ2v) is 8.52. The first-order valence-corrected chi connectivity index (χ1v) is 11.3. The van der Waals surface area contributed by atoms with E-state index in [1.165, 1.54) is 11.3 Å². The Morgan fingerprint density at radius 3 is 2.55 bits per heavy atom. The van der Waals surface area contributed by atoms with Gasteiger partial charge in [-0.2, -0.15) is 0 Å². The van der Waals surface area contributed by atoms with Crippen LogP contribution in [0.2, 0.25) is 0 Å². The Hall–Kier alpha value is -3.72. The van der Waals surface area contributed by atoms with Crippen molar-refractivity contribution in [2.75, 3.05) is 17.7 Å². The Kier molecular flexibility index (Phi) is 6.99. The van der Waals surface area contributed by atoms with E-state index in [9.17, 15) is 14.4 Å². The molecular formula is C24H23N3O5S. The molecule has 170 valence electrons. The molecular weight excluding hydrogens is 442 g/mol. The molecule has 9 heteroatoms. The van der Waals surface area contributed by atoms with Gasteiger partial charge in [-0.3, -0.25) is 9.59 Å². The van der Waals surface area contributed by atoms with Crippen LogP contribution < -0.4 is 15.4 Å². The first-order chi connectivity index (χ1) is 16.0. The summed E-state index contributed by atoms with van der Waals surface area (Å²) in [5.41, 5.74) is 2.20. The Balaban J connectivity index is 1.25. The maximum absolute atomic E-state index is 12.3. The van der Waals surface area contributed by atoms with E-state index < -0.39 is 5.97 Å². The third kappa shape index (κ3) is 6.17. The van der Waals surface area contributed by atoms with Crippen molar-refractivity contribution in [1.29, 1.82) is 0 Å². The number of nitrogens with one attached hydrogen (secondary N) is 2. The van der Waals surface area contributed by atoms with Gasteiger partial charge < -0.3 is 20.1 Å². The van der Waals surface area contributed by atoms with Crippen LogP contribution in [0.5, 0.6) is 5.75 Å². The van der Waals surface area contributed by atoms with Crippen molar-refractivity contribution in [1.82, 2.24) is 4.98 Å². The smallest absolute Gasteiger partial charge is 0.338 e. The van der Waals surface area contributed by atoms with Crippen LogP contribution >= 0.6 is 11.3 Å². The van der Waals surface area contributed by atoms with Crippen LogP contribution in [0.1, 0.15) is 33.9 Å². The Morgan fingerprint density at radius 1 is 1.06 bits per heavy atom. The lowest BCUT2D eigenvalue weighted by Crippen LogP contribution is -2.15. The number of esters is 1. The monoisotopic (exact) mass is 465 g/mol.